The second-order valence-corrected chi connectivity index (χ2v) is 10.5. The number of methoxy groups -OCH3 is 1. The van der Waals surface area contributed by atoms with E-state index in [0.717, 1.165) is 37.2 Å². The van der Waals surface area contributed by atoms with Crippen LogP contribution in [0.2, 0.25) is 0 Å². The zero-order chi connectivity index (χ0) is 26.3. The summed E-state index contributed by atoms with van der Waals surface area (Å²) < 4.78 is 39.1. The van der Waals surface area contributed by atoms with E-state index in [9.17, 15) is 13.2 Å². The average Bonchev–Trinajstić information content (AvgIpc) is 3.45. The van der Waals surface area contributed by atoms with Crippen LogP contribution in [0, 0.1) is 0 Å². The number of amides is 1. The standard InChI is InChI=1S/C28H33N3O5S/c1-3-36-23-14-12-22(13-15-23)30-37(33,34)24-16-10-21(11-17-24)28(32)29-20-26(31-18-6-7-19-31)25-8-4-5-9-27(25)35-2/h4-5,8-17,26,30H,3,6-7,18-20H2,1-2H3,(H,29,32)/t26-/m1/s1. The average molecular weight is 524 g/mol. The van der Waals surface area contributed by atoms with Crippen LogP contribution in [0.1, 0.15) is 41.7 Å². The van der Waals surface area contributed by atoms with E-state index in [0.29, 0.717) is 30.2 Å². The van der Waals surface area contributed by atoms with Gasteiger partial charge in [0.15, 0.2) is 0 Å². The van der Waals surface area contributed by atoms with Crippen molar-refractivity contribution >= 4 is 21.6 Å². The Labute approximate surface area is 218 Å². The van der Waals surface area contributed by atoms with Crippen LogP contribution in [0.4, 0.5) is 5.69 Å². The molecule has 1 aliphatic heterocycles. The summed E-state index contributed by atoms with van der Waals surface area (Å²) in [6.45, 7) is 4.76. The molecule has 0 aromatic heterocycles. The summed E-state index contributed by atoms with van der Waals surface area (Å²) in [6, 6.07) is 20.5. The molecule has 196 valence electrons. The van der Waals surface area contributed by atoms with Crippen LogP contribution in [0.15, 0.2) is 77.7 Å². The number of hydrogen-bond donors (Lipinski definition) is 2. The number of sulfonamides is 1. The molecule has 3 aromatic rings. The van der Waals surface area contributed by atoms with Crippen molar-refractivity contribution in [1.82, 2.24) is 10.2 Å². The van der Waals surface area contributed by atoms with E-state index in [1.54, 1.807) is 31.4 Å². The minimum atomic E-state index is -3.80. The number of nitrogens with zero attached hydrogens (tertiary/aromatic N) is 1. The van der Waals surface area contributed by atoms with Crippen molar-refractivity contribution in [3.63, 3.8) is 0 Å². The highest BCUT2D eigenvalue weighted by Crippen LogP contribution is 2.31. The van der Waals surface area contributed by atoms with Crippen molar-refractivity contribution in [3.05, 3.63) is 83.9 Å². The first kappa shape index (κ1) is 26.5. The number of carbonyl (C=O) groups excluding carboxylic acids is 1. The highest BCUT2D eigenvalue weighted by atomic mass is 32.2. The second kappa shape index (κ2) is 12.1. The quantitative estimate of drug-likeness (QED) is 0.385. The molecular weight excluding hydrogens is 490 g/mol. The summed E-state index contributed by atoms with van der Waals surface area (Å²) in [7, 11) is -2.15. The van der Waals surface area contributed by atoms with Gasteiger partial charge in [-0.15, -0.1) is 0 Å². The van der Waals surface area contributed by atoms with Crippen LogP contribution in [-0.2, 0) is 10.0 Å². The maximum Gasteiger partial charge on any atom is 0.261 e. The van der Waals surface area contributed by atoms with Gasteiger partial charge in [-0.3, -0.25) is 14.4 Å². The Morgan fingerprint density at radius 2 is 1.65 bits per heavy atom. The predicted octanol–water partition coefficient (Wildman–Crippen LogP) is 4.46. The zero-order valence-corrected chi connectivity index (χ0v) is 22.0. The van der Waals surface area contributed by atoms with Gasteiger partial charge in [0.2, 0.25) is 0 Å². The first-order valence-corrected chi connectivity index (χ1v) is 13.9. The maximum atomic E-state index is 12.9. The number of anilines is 1. The molecule has 8 nitrogen and oxygen atoms in total. The minimum Gasteiger partial charge on any atom is -0.496 e. The Kier molecular flexibility index (Phi) is 8.68. The molecule has 9 heteroatoms. The number of carbonyl (C=O) groups is 1. The molecule has 1 amide bonds. The van der Waals surface area contributed by atoms with E-state index in [4.69, 9.17) is 9.47 Å². The van der Waals surface area contributed by atoms with Crippen molar-refractivity contribution in [2.45, 2.75) is 30.7 Å². The van der Waals surface area contributed by atoms with E-state index in [2.05, 4.69) is 14.9 Å². The Bertz CT molecular complexity index is 1290. The van der Waals surface area contributed by atoms with Gasteiger partial charge in [-0.25, -0.2) is 8.42 Å². The normalized spacial score (nSPS) is 14.6. The molecule has 1 heterocycles. The summed E-state index contributed by atoms with van der Waals surface area (Å²) in [5, 5.41) is 3.03. The molecular formula is C28H33N3O5S. The Morgan fingerprint density at radius 1 is 0.973 bits per heavy atom. The molecule has 0 saturated carbocycles. The van der Waals surface area contributed by atoms with Crippen molar-refractivity contribution < 1.29 is 22.7 Å². The van der Waals surface area contributed by atoms with Crippen LogP contribution in [0.3, 0.4) is 0 Å². The largest absolute Gasteiger partial charge is 0.496 e. The molecule has 1 fully saturated rings. The topological polar surface area (TPSA) is 97.0 Å². The first-order valence-electron chi connectivity index (χ1n) is 12.4. The van der Waals surface area contributed by atoms with Gasteiger partial charge < -0.3 is 14.8 Å². The lowest BCUT2D eigenvalue weighted by Crippen LogP contribution is -2.37. The molecule has 37 heavy (non-hydrogen) atoms. The van der Waals surface area contributed by atoms with Gasteiger partial charge in [-0.1, -0.05) is 18.2 Å². The lowest BCUT2D eigenvalue weighted by molar-refractivity contribution is 0.0937. The van der Waals surface area contributed by atoms with E-state index in [1.807, 2.05) is 31.2 Å². The van der Waals surface area contributed by atoms with E-state index in [1.165, 1.54) is 24.3 Å². The lowest BCUT2D eigenvalue weighted by Gasteiger charge is -2.29. The summed E-state index contributed by atoms with van der Waals surface area (Å²) in [5.41, 5.74) is 1.85. The van der Waals surface area contributed by atoms with Crippen LogP contribution in [-0.4, -0.2) is 52.6 Å². The van der Waals surface area contributed by atoms with E-state index in [-0.39, 0.29) is 16.8 Å². The van der Waals surface area contributed by atoms with Crippen LogP contribution >= 0.6 is 0 Å². The van der Waals surface area contributed by atoms with Crippen molar-refractivity contribution in [2.24, 2.45) is 0 Å². The van der Waals surface area contributed by atoms with Gasteiger partial charge in [-0.2, -0.15) is 0 Å². The van der Waals surface area contributed by atoms with Crippen LogP contribution in [0.25, 0.3) is 0 Å². The van der Waals surface area contributed by atoms with Gasteiger partial charge >= 0.3 is 0 Å². The number of nitrogens with one attached hydrogen (secondary N) is 2. The third-order valence-electron chi connectivity index (χ3n) is 6.38. The highest BCUT2D eigenvalue weighted by molar-refractivity contribution is 7.92. The molecule has 2 N–H and O–H groups in total. The Balaban J connectivity index is 1.42. The molecule has 1 atom stereocenters. The van der Waals surface area contributed by atoms with Crippen molar-refractivity contribution in [2.75, 3.05) is 38.1 Å². The fourth-order valence-corrected chi connectivity index (χ4v) is 5.57. The SMILES string of the molecule is CCOc1ccc(NS(=O)(=O)c2ccc(C(=O)NC[C@H](c3ccccc3OC)N3CCCC3)cc2)cc1. The number of hydrogen-bond acceptors (Lipinski definition) is 6. The van der Waals surface area contributed by atoms with Gasteiger partial charge in [-0.05, 0) is 87.5 Å². The second-order valence-electron chi connectivity index (χ2n) is 8.80. The fraction of sp³-hybridized carbons (Fsp3) is 0.321. The molecule has 3 aromatic carbocycles. The van der Waals surface area contributed by atoms with Gasteiger partial charge in [0.1, 0.15) is 11.5 Å². The molecule has 1 saturated heterocycles. The first-order chi connectivity index (χ1) is 17.9. The molecule has 0 bridgehead atoms. The lowest BCUT2D eigenvalue weighted by atomic mass is 10.0. The number of benzene rings is 3. The Morgan fingerprint density at radius 3 is 2.30 bits per heavy atom. The van der Waals surface area contributed by atoms with E-state index >= 15 is 0 Å². The maximum absolute atomic E-state index is 12.9. The number of para-hydroxylation sites is 1. The monoisotopic (exact) mass is 523 g/mol. The van der Waals surface area contributed by atoms with Gasteiger partial charge in [0.25, 0.3) is 15.9 Å². The summed E-state index contributed by atoms with van der Waals surface area (Å²) >= 11 is 0. The number of ether oxygens (including phenoxy) is 2. The summed E-state index contributed by atoms with van der Waals surface area (Å²) in [6.07, 6.45) is 2.25. The third-order valence-corrected chi connectivity index (χ3v) is 7.78. The predicted molar refractivity (Wildman–Crippen MR) is 144 cm³/mol. The third kappa shape index (κ3) is 6.61. The molecule has 0 aliphatic carbocycles. The van der Waals surface area contributed by atoms with Crippen molar-refractivity contribution in [1.29, 1.82) is 0 Å². The summed E-state index contributed by atoms with van der Waals surface area (Å²) in [5.74, 6) is 1.20. The smallest absolute Gasteiger partial charge is 0.261 e. The van der Waals surface area contributed by atoms with Crippen LogP contribution < -0.4 is 19.5 Å². The Hall–Kier alpha value is -3.56. The fourth-order valence-electron chi connectivity index (χ4n) is 4.51. The molecule has 0 unspecified atom stereocenters. The minimum absolute atomic E-state index is 0.0134. The van der Waals surface area contributed by atoms with Gasteiger partial charge in [0.05, 0.1) is 24.7 Å². The molecule has 1 aliphatic rings. The zero-order valence-electron chi connectivity index (χ0n) is 21.1. The van der Waals surface area contributed by atoms with Gasteiger partial charge in [0, 0.05) is 23.4 Å². The highest BCUT2D eigenvalue weighted by Gasteiger charge is 2.26. The number of likely N-dealkylation sites (tertiary alicyclic amines) is 1. The van der Waals surface area contributed by atoms with Crippen LogP contribution in [0.5, 0.6) is 11.5 Å². The summed E-state index contributed by atoms with van der Waals surface area (Å²) in [4.78, 5) is 15.4. The number of rotatable bonds is 11. The molecule has 0 radical (unpaired) electrons. The van der Waals surface area contributed by atoms with E-state index < -0.39 is 10.0 Å². The molecule has 4 rings (SSSR count). The van der Waals surface area contributed by atoms with Crippen molar-refractivity contribution in [3.8, 4) is 11.5 Å². The molecule has 0 spiro atoms.